The molecule has 1 atom stereocenters. The third-order valence-electron chi connectivity index (χ3n) is 1.62. The Bertz CT molecular complexity index is 316. The highest BCUT2D eigenvalue weighted by molar-refractivity contribution is 6.00. The molecule has 4 heteroatoms. The minimum atomic E-state index is -0.897. The minimum absolute atomic E-state index is 0.558. The summed E-state index contributed by atoms with van der Waals surface area (Å²) in [7, 11) is 0. The number of nitrogens with two attached hydrogens (primary N) is 1. The number of benzene rings is 1. The maximum Gasteiger partial charge on any atom is 0.185 e. The molecule has 1 aromatic carbocycles. The van der Waals surface area contributed by atoms with Gasteiger partial charge in [-0.2, -0.15) is 0 Å². The van der Waals surface area contributed by atoms with Crippen molar-refractivity contribution in [2.75, 3.05) is 0 Å². The van der Waals surface area contributed by atoms with E-state index in [1.807, 2.05) is 0 Å². The van der Waals surface area contributed by atoms with Crippen LogP contribution in [0.4, 0.5) is 8.78 Å². The lowest BCUT2D eigenvalue weighted by Gasteiger charge is -2.05. The van der Waals surface area contributed by atoms with E-state index in [9.17, 15) is 13.6 Å². The van der Waals surface area contributed by atoms with E-state index in [1.54, 1.807) is 0 Å². The summed E-state index contributed by atoms with van der Waals surface area (Å²) in [6, 6.07) is 2.35. The van der Waals surface area contributed by atoms with Gasteiger partial charge < -0.3 is 5.73 Å². The molecule has 0 fully saturated rings. The van der Waals surface area contributed by atoms with Gasteiger partial charge in [-0.3, -0.25) is 4.79 Å². The van der Waals surface area contributed by atoms with Crippen molar-refractivity contribution in [3.05, 3.63) is 35.4 Å². The fourth-order valence-electron chi connectivity index (χ4n) is 0.961. The molecule has 0 radical (unpaired) electrons. The topological polar surface area (TPSA) is 43.1 Å². The van der Waals surface area contributed by atoms with Gasteiger partial charge in [0.05, 0.1) is 11.6 Å². The molecule has 0 bridgehead atoms. The Morgan fingerprint density at radius 1 is 1.38 bits per heavy atom. The molecule has 70 valence electrons. The molecule has 0 aliphatic heterocycles. The quantitative estimate of drug-likeness (QED) is 0.709. The van der Waals surface area contributed by atoms with Crippen LogP contribution in [0.1, 0.15) is 17.3 Å². The number of halogens is 2. The van der Waals surface area contributed by atoms with Gasteiger partial charge in [-0.15, -0.1) is 0 Å². The first kappa shape index (κ1) is 9.80. The van der Waals surface area contributed by atoms with E-state index >= 15 is 0 Å². The Balaban J connectivity index is 3.20. The van der Waals surface area contributed by atoms with Crippen LogP contribution >= 0.6 is 0 Å². The second-order valence-corrected chi connectivity index (χ2v) is 2.75. The zero-order valence-corrected chi connectivity index (χ0v) is 7.05. The fraction of sp³-hybridized carbons (Fsp3) is 0.222. The van der Waals surface area contributed by atoms with E-state index in [1.165, 1.54) is 13.0 Å². The molecule has 1 aromatic rings. The normalized spacial score (nSPS) is 12.6. The van der Waals surface area contributed by atoms with Gasteiger partial charge >= 0.3 is 0 Å². The molecule has 0 amide bonds. The monoisotopic (exact) mass is 185 g/mol. The van der Waals surface area contributed by atoms with Gasteiger partial charge in [0.1, 0.15) is 11.6 Å². The summed E-state index contributed by atoms with van der Waals surface area (Å²) in [5.74, 6) is -2.47. The molecule has 0 heterocycles. The number of carbonyl (C=O) groups is 1. The average molecular weight is 185 g/mol. The lowest BCUT2D eigenvalue weighted by atomic mass is 10.1. The van der Waals surface area contributed by atoms with Crippen LogP contribution in [0.25, 0.3) is 0 Å². The van der Waals surface area contributed by atoms with Gasteiger partial charge in [-0.05, 0) is 19.1 Å². The van der Waals surface area contributed by atoms with Crippen LogP contribution < -0.4 is 5.73 Å². The Kier molecular flexibility index (Phi) is 2.72. The Labute approximate surface area is 74.4 Å². The van der Waals surface area contributed by atoms with Crippen molar-refractivity contribution in [1.29, 1.82) is 0 Å². The van der Waals surface area contributed by atoms with Crippen LogP contribution in [0.2, 0.25) is 0 Å². The van der Waals surface area contributed by atoms with Gasteiger partial charge in [0.15, 0.2) is 5.78 Å². The van der Waals surface area contributed by atoms with Gasteiger partial charge in [0.2, 0.25) is 0 Å². The largest absolute Gasteiger partial charge is 0.321 e. The van der Waals surface area contributed by atoms with Gasteiger partial charge in [-0.1, -0.05) is 6.07 Å². The van der Waals surface area contributed by atoms with E-state index in [-0.39, 0.29) is 0 Å². The molecule has 0 saturated carbocycles. The molecular weight excluding hydrogens is 176 g/mol. The summed E-state index contributed by atoms with van der Waals surface area (Å²) in [4.78, 5) is 11.2. The summed E-state index contributed by atoms with van der Waals surface area (Å²) < 4.78 is 25.9. The maximum atomic E-state index is 12.9. The molecule has 0 aliphatic carbocycles. The third-order valence-corrected chi connectivity index (χ3v) is 1.62. The average Bonchev–Trinajstić information content (AvgIpc) is 2.03. The Morgan fingerprint density at radius 3 is 2.23 bits per heavy atom. The van der Waals surface area contributed by atoms with Crippen LogP contribution in [-0.2, 0) is 0 Å². The summed E-state index contributed by atoms with van der Waals surface area (Å²) in [5.41, 5.74) is 4.66. The van der Waals surface area contributed by atoms with E-state index in [0.29, 0.717) is 0 Å². The minimum Gasteiger partial charge on any atom is -0.321 e. The van der Waals surface area contributed by atoms with Crippen molar-refractivity contribution in [3.8, 4) is 0 Å². The second kappa shape index (κ2) is 3.62. The zero-order valence-electron chi connectivity index (χ0n) is 7.05. The molecule has 2 nitrogen and oxygen atoms in total. The van der Waals surface area contributed by atoms with Crippen molar-refractivity contribution >= 4 is 5.78 Å². The molecular formula is C9H9F2NO. The Hall–Kier alpha value is -1.29. The molecule has 0 saturated heterocycles. The van der Waals surface area contributed by atoms with E-state index in [0.717, 1.165) is 12.1 Å². The molecule has 1 rings (SSSR count). The van der Waals surface area contributed by atoms with Gasteiger partial charge in [0.25, 0.3) is 0 Å². The summed E-state index contributed by atoms with van der Waals surface area (Å²) in [6.07, 6.45) is 0. The van der Waals surface area contributed by atoms with Crippen molar-refractivity contribution < 1.29 is 13.6 Å². The smallest absolute Gasteiger partial charge is 0.185 e. The number of ketones is 1. The SMILES string of the molecule is CC(N)C(=O)c1c(F)cccc1F. The highest BCUT2D eigenvalue weighted by Gasteiger charge is 2.19. The predicted molar refractivity (Wildman–Crippen MR) is 44.3 cm³/mol. The van der Waals surface area contributed by atoms with Crippen molar-refractivity contribution in [2.45, 2.75) is 13.0 Å². The number of hydrogen-bond acceptors (Lipinski definition) is 2. The first-order chi connectivity index (χ1) is 6.04. The molecule has 2 N–H and O–H groups in total. The van der Waals surface area contributed by atoms with Crippen LogP contribution in [-0.4, -0.2) is 11.8 Å². The second-order valence-electron chi connectivity index (χ2n) is 2.75. The first-order valence-electron chi connectivity index (χ1n) is 3.78. The van der Waals surface area contributed by atoms with Crippen LogP contribution in [0.15, 0.2) is 18.2 Å². The highest BCUT2D eigenvalue weighted by Crippen LogP contribution is 2.13. The predicted octanol–water partition coefficient (Wildman–Crippen LogP) is 1.49. The lowest BCUT2D eigenvalue weighted by molar-refractivity contribution is 0.0959. The zero-order chi connectivity index (χ0) is 10.0. The van der Waals surface area contributed by atoms with Gasteiger partial charge in [0, 0.05) is 0 Å². The van der Waals surface area contributed by atoms with Crippen LogP contribution in [0.5, 0.6) is 0 Å². The molecule has 0 aliphatic rings. The van der Waals surface area contributed by atoms with Crippen molar-refractivity contribution in [1.82, 2.24) is 0 Å². The third kappa shape index (κ3) is 1.89. The number of hydrogen-bond donors (Lipinski definition) is 1. The van der Waals surface area contributed by atoms with Crippen molar-refractivity contribution in [2.24, 2.45) is 5.73 Å². The van der Waals surface area contributed by atoms with Gasteiger partial charge in [-0.25, -0.2) is 8.78 Å². The standard InChI is InChI=1S/C9H9F2NO/c1-5(12)9(13)8-6(10)3-2-4-7(8)11/h2-5H,12H2,1H3. The Morgan fingerprint density at radius 2 is 1.85 bits per heavy atom. The van der Waals surface area contributed by atoms with Crippen LogP contribution in [0, 0.1) is 11.6 Å². The highest BCUT2D eigenvalue weighted by atomic mass is 19.1. The molecule has 1 unspecified atom stereocenters. The number of rotatable bonds is 2. The molecule has 0 spiro atoms. The molecule has 0 aromatic heterocycles. The summed E-state index contributed by atoms with van der Waals surface area (Å²) in [6.45, 7) is 1.38. The first-order valence-corrected chi connectivity index (χ1v) is 3.78. The van der Waals surface area contributed by atoms with E-state index < -0.39 is 29.0 Å². The number of Topliss-reactive ketones (excluding diaryl/α,β-unsaturated/α-hetero) is 1. The molecule has 13 heavy (non-hydrogen) atoms. The lowest BCUT2D eigenvalue weighted by Crippen LogP contribution is -2.28. The van der Waals surface area contributed by atoms with Crippen LogP contribution in [0.3, 0.4) is 0 Å². The fourth-order valence-corrected chi connectivity index (χ4v) is 0.961. The van der Waals surface area contributed by atoms with E-state index in [4.69, 9.17) is 5.73 Å². The van der Waals surface area contributed by atoms with Crippen molar-refractivity contribution in [3.63, 3.8) is 0 Å². The maximum absolute atomic E-state index is 12.9. The summed E-state index contributed by atoms with van der Waals surface area (Å²) in [5, 5.41) is 0. The summed E-state index contributed by atoms with van der Waals surface area (Å²) >= 11 is 0. The van der Waals surface area contributed by atoms with E-state index in [2.05, 4.69) is 0 Å². The number of carbonyl (C=O) groups excluding carboxylic acids is 1.